The molecule has 272 valence electrons. The molecule has 13 unspecified atom stereocenters. The molecule has 1 aromatic carbocycles. The highest BCUT2D eigenvalue weighted by Crippen LogP contribution is 2.75. The molecule has 7 aliphatic carbocycles. The van der Waals surface area contributed by atoms with E-state index in [0.717, 1.165) is 57.0 Å². The molecule has 4 fully saturated rings. The van der Waals surface area contributed by atoms with Gasteiger partial charge >= 0.3 is 0 Å². The van der Waals surface area contributed by atoms with Crippen LogP contribution in [-0.2, 0) is 13.0 Å². The fourth-order valence-corrected chi connectivity index (χ4v) is 13.7. The van der Waals surface area contributed by atoms with Crippen LogP contribution in [0.5, 0.6) is 0 Å². The number of aliphatic hydroxyl groups is 3. The zero-order chi connectivity index (χ0) is 35.5. The molecule has 0 amide bonds. The quantitative estimate of drug-likeness (QED) is 0.0985. The monoisotopic (exact) mass is 700 g/mol. The van der Waals surface area contributed by atoms with Crippen molar-refractivity contribution < 1.29 is 15.3 Å². The van der Waals surface area contributed by atoms with Crippen molar-refractivity contribution >= 4 is 16.9 Å². The molecule has 7 aliphatic rings. The number of fused-ring (bicyclic) bond motifs is 2. The third-order valence-corrected chi connectivity index (χ3v) is 15.4. The van der Waals surface area contributed by atoms with Gasteiger partial charge in [0, 0.05) is 61.4 Å². The van der Waals surface area contributed by atoms with E-state index in [1.165, 1.54) is 16.7 Å². The lowest BCUT2D eigenvalue weighted by atomic mass is 9.42. The zero-order valence-electron chi connectivity index (χ0n) is 30.1. The van der Waals surface area contributed by atoms with E-state index in [1.54, 1.807) is 7.05 Å². The molecule has 2 heterocycles. The molecule has 2 aromatic heterocycles. The van der Waals surface area contributed by atoms with Crippen molar-refractivity contribution in [3.05, 3.63) is 78.5 Å². The molecule has 0 radical (unpaired) electrons. The molecule has 2 spiro atoms. The summed E-state index contributed by atoms with van der Waals surface area (Å²) in [4.78, 5) is 12.3. The number of benzene rings is 1. The fraction of sp³-hybridized carbons (Fsp3) is 0.581. The Balaban J connectivity index is 1.20. The van der Waals surface area contributed by atoms with Crippen LogP contribution in [0.1, 0.15) is 63.5 Å². The Kier molecular flexibility index (Phi) is 7.30. The standard InChI is InChI=1S/C43H52N6O3/c1-45-39(44)48-30-9-8-28-21-40(14-12-26(20-40)24-49-16-15-46-25-49)22-29(18-31-17-27-5-2-3-7-36(27)47-31)43(28)33-6-4-13-41(51)32(33)10-11-34(43)38-35(41)19-37(50)42(38,52)23-30/h2-7,15-17,22,25-26,28,30,32-35,37-38,47,50-52H,10-14,18-21,23-24H2,1H3,(H3,44,45,48). The summed E-state index contributed by atoms with van der Waals surface area (Å²) in [5.41, 5.74) is 7.18. The van der Waals surface area contributed by atoms with Gasteiger partial charge in [-0.3, -0.25) is 4.99 Å². The number of hydrogen-bond donors (Lipinski definition) is 6. The van der Waals surface area contributed by atoms with Crippen LogP contribution in [0.2, 0.25) is 0 Å². The molecule has 9 heteroatoms. The highest BCUT2D eigenvalue weighted by molar-refractivity contribution is 5.80. The van der Waals surface area contributed by atoms with E-state index in [-0.39, 0.29) is 53.3 Å². The topological polar surface area (TPSA) is 145 Å². The number of H-pyrrole nitrogens is 1. The number of nitrogens with zero attached hydrogens (tertiary/aromatic N) is 3. The van der Waals surface area contributed by atoms with Gasteiger partial charge in [0.25, 0.3) is 0 Å². The SMILES string of the molecule is CN=C(N)NC1C#CC2CC3(C=C(Cc4cc5ccccc5[nH]4)C24C2C=CCC5(O)C6CC(O)C(O)(C1)C6C4CCC25)CCC(Cn1ccnc1)C3. The predicted molar refractivity (Wildman–Crippen MR) is 200 cm³/mol. The Morgan fingerprint density at radius 2 is 1.96 bits per heavy atom. The second-order valence-electron chi connectivity index (χ2n) is 17.8. The number of aromatic amines is 1. The van der Waals surface area contributed by atoms with Gasteiger partial charge in [-0.25, -0.2) is 4.98 Å². The Morgan fingerprint density at radius 1 is 1.10 bits per heavy atom. The lowest BCUT2D eigenvalue weighted by Gasteiger charge is -2.61. The van der Waals surface area contributed by atoms with Crippen molar-refractivity contribution in [2.45, 2.75) is 94.1 Å². The molecule has 4 saturated carbocycles. The summed E-state index contributed by atoms with van der Waals surface area (Å²) in [5.74, 6) is 8.09. The van der Waals surface area contributed by atoms with E-state index < -0.39 is 28.8 Å². The smallest absolute Gasteiger partial charge is 0.189 e. The van der Waals surface area contributed by atoms with Gasteiger partial charge in [0.2, 0.25) is 0 Å². The molecule has 9 nitrogen and oxygen atoms in total. The zero-order valence-corrected chi connectivity index (χ0v) is 30.1. The van der Waals surface area contributed by atoms with Crippen LogP contribution in [-0.4, -0.2) is 66.2 Å². The van der Waals surface area contributed by atoms with Gasteiger partial charge < -0.3 is 35.9 Å². The Bertz CT molecular complexity index is 2010. The summed E-state index contributed by atoms with van der Waals surface area (Å²) in [5, 5.41) is 42.7. The van der Waals surface area contributed by atoms with E-state index in [2.05, 4.69) is 91.4 Å². The number of guanidine groups is 1. The maximum Gasteiger partial charge on any atom is 0.189 e. The number of aliphatic imine (C=N–C) groups is 1. The first-order valence-corrected chi connectivity index (χ1v) is 19.7. The summed E-state index contributed by atoms with van der Waals surface area (Å²) in [6, 6.07) is 10.3. The first-order valence-electron chi connectivity index (χ1n) is 19.7. The highest BCUT2D eigenvalue weighted by atomic mass is 16.3. The molecule has 3 aromatic rings. The van der Waals surface area contributed by atoms with E-state index in [0.29, 0.717) is 18.8 Å². The summed E-state index contributed by atoms with van der Waals surface area (Å²) >= 11 is 0. The Morgan fingerprint density at radius 3 is 2.79 bits per heavy atom. The molecule has 6 bridgehead atoms. The maximum absolute atomic E-state index is 13.1. The van der Waals surface area contributed by atoms with Crippen molar-refractivity contribution in [3.8, 4) is 11.8 Å². The molecule has 0 saturated heterocycles. The highest BCUT2D eigenvalue weighted by Gasteiger charge is 2.75. The minimum absolute atomic E-state index is 0.00314. The van der Waals surface area contributed by atoms with Crippen LogP contribution in [0, 0.1) is 64.1 Å². The second-order valence-corrected chi connectivity index (χ2v) is 17.8. The second kappa shape index (κ2) is 11.6. The van der Waals surface area contributed by atoms with Crippen molar-refractivity contribution in [1.29, 1.82) is 0 Å². The summed E-state index contributed by atoms with van der Waals surface area (Å²) in [6.45, 7) is 0.966. The predicted octanol–water partition coefficient (Wildman–Crippen LogP) is 4.71. The normalized spacial score (nSPS) is 44.3. The number of nitrogens with two attached hydrogens (primary N) is 1. The van der Waals surface area contributed by atoms with Crippen molar-refractivity contribution in [1.82, 2.24) is 19.9 Å². The van der Waals surface area contributed by atoms with Gasteiger partial charge in [-0.1, -0.05) is 53.8 Å². The van der Waals surface area contributed by atoms with Gasteiger partial charge in [-0.15, -0.1) is 0 Å². The Hall–Kier alpha value is -3.84. The van der Waals surface area contributed by atoms with Crippen LogP contribution in [0.25, 0.3) is 10.9 Å². The summed E-state index contributed by atoms with van der Waals surface area (Å²) in [7, 11) is 1.65. The van der Waals surface area contributed by atoms with Crippen molar-refractivity contribution in [2.24, 2.45) is 63.0 Å². The molecule has 52 heavy (non-hydrogen) atoms. The maximum atomic E-state index is 13.1. The first-order chi connectivity index (χ1) is 25.1. The van der Waals surface area contributed by atoms with E-state index in [1.807, 2.05) is 12.5 Å². The minimum atomic E-state index is -1.44. The number of rotatable bonds is 5. The lowest BCUT2D eigenvalue weighted by Crippen LogP contribution is -2.59. The van der Waals surface area contributed by atoms with Gasteiger partial charge in [0.05, 0.1) is 29.7 Å². The van der Waals surface area contributed by atoms with Crippen LogP contribution < -0.4 is 11.1 Å². The van der Waals surface area contributed by atoms with Crippen molar-refractivity contribution in [3.63, 3.8) is 0 Å². The fourth-order valence-electron chi connectivity index (χ4n) is 13.7. The summed E-state index contributed by atoms with van der Waals surface area (Å²) < 4.78 is 2.23. The summed E-state index contributed by atoms with van der Waals surface area (Å²) in [6.07, 6.45) is 20.4. The Labute approximate surface area is 305 Å². The molecule has 10 rings (SSSR count). The number of aliphatic hydroxyl groups excluding tert-OH is 1. The largest absolute Gasteiger partial charge is 0.390 e. The van der Waals surface area contributed by atoms with Crippen molar-refractivity contribution in [2.75, 3.05) is 7.05 Å². The van der Waals surface area contributed by atoms with Crippen LogP contribution >= 0.6 is 0 Å². The average molecular weight is 701 g/mol. The molecule has 7 N–H and O–H groups in total. The molecule has 0 aliphatic heterocycles. The van der Waals surface area contributed by atoms with Gasteiger partial charge in [-0.2, -0.15) is 0 Å². The number of aromatic nitrogens is 3. The van der Waals surface area contributed by atoms with E-state index >= 15 is 0 Å². The molecule has 13 atom stereocenters. The third kappa shape index (κ3) is 4.59. The van der Waals surface area contributed by atoms with E-state index in [9.17, 15) is 15.3 Å². The van der Waals surface area contributed by atoms with Crippen LogP contribution in [0.15, 0.2) is 77.8 Å². The van der Waals surface area contributed by atoms with Gasteiger partial charge in [0.1, 0.15) is 0 Å². The molecular formula is C43H52N6O3. The van der Waals surface area contributed by atoms with Crippen LogP contribution in [0.4, 0.5) is 0 Å². The number of hydrogen-bond acceptors (Lipinski definition) is 5. The van der Waals surface area contributed by atoms with Gasteiger partial charge in [-0.05, 0) is 110 Å². The van der Waals surface area contributed by atoms with Crippen LogP contribution in [0.3, 0.4) is 0 Å². The third-order valence-electron chi connectivity index (χ3n) is 15.4. The van der Waals surface area contributed by atoms with Gasteiger partial charge in [0.15, 0.2) is 5.96 Å². The minimum Gasteiger partial charge on any atom is -0.390 e. The number of allylic oxidation sites excluding steroid dienone is 3. The number of imidazole rings is 1. The first kappa shape index (κ1) is 32.8. The van der Waals surface area contributed by atoms with E-state index in [4.69, 9.17) is 5.73 Å². The number of para-hydroxylation sites is 1. The molecular weight excluding hydrogens is 649 g/mol. The lowest BCUT2D eigenvalue weighted by molar-refractivity contribution is -0.133. The average Bonchev–Trinajstić information content (AvgIpc) is 3.91. The number of nitrogens with one attached hydrogen (secondary N) is 2.